The molecular weight excluding hydrogens is 516 g/mol. The van der Waals surface area contributed by atoms with Crippen LogP contribution < -0.4 is 15.4 Å². The normalized spacial score (nSPS) is 19.1. The molecule has 8 nitrogen and oxygen atoms in total. The molecule has 220 valence electrons. The Bertz CT molecular complexity index is 1320. The van der Waals surface area contributed by atoms with E-state index in [2.05, 4.69) is 42.6 Å². The predicted molar refractivity (Wildman–Crippen MR) is 158 cm³/mol. The zero-order valence-corrected chi connectivity index (χ0v) is 25.0. The Kier molecular flexibility index (Phi) is 8.52. The largest absolute Gasteiger partial charge is 0.471 e. The van der Waals surface area contributed by atoms with Crippen LogP contribution in [0.4, 0.5) is 0 Å². The molecule has 0 saturated heterocycles. The van der Waals surface area contributed by atoms with Crippen molar-refractivity contribution in [3.8, 4) is 5.88 Å². The number of pyridine rings is 1. The number of carbonyl (C=O) groups is 1. The van der Waals surface area contributed by atoms with Gasteiger partial charge >= 0.3 is 0 Å². The van der Waals surface area contributed by atoms with Gasteiger partial charge in [0.2, 0.25) is 11.8 Å². The molecule has 3 aromatic rings. The zero-order valence-electron chi connectivity index (χ0n) is 25.0. The van der Waals surface area contributed by atoms with Crippen LogP contribution in [0.2, 0.25) is 0 Å². The Morgan fingerprint density at radius 3 is 2.56 bits per heavy atom. The Hall–Kier alpha value is -3.23. The first-order chi connectivity index (χ1) is 19.5. The van der Waals surface area contributed by atoms with E-state index < -0.39 is 12.1 Å². The number of nitrogens with zero attached hydrogens (tertiary/aromatic N) is 2. The van der Waals surface area contributed by atoms with Crippen molar-refractivity contribution in [3.63, 3.8) is 0 Å². The predicted octanol–water partition coefficient (Wildman–Crippen LogP) is 4.94. The van der Waals surface area contributed by atoms with Crippen LogP contribution in [0, 0.1) is 19.3 Å². The van der Waals surface area contributed by atoms with Crippen molar-refractivity contribution in [3.05, 3.63) is 76.3 Å². The minimum absolute atomic E-state index is 0.0106. The maximum absolute atomic E-state index is 13.1. The van der Waals surface area contributed by atoms with E-state index in [-0.39, 0.29) is 29.4 Å². The topological polar surface area (TPSA) is 110 Å². The standard InChI is InChI=1S/C33H44N4O4/c1-21-25(22(2)41-37-21)16-30(39)36-27(15-23-10-7-6-8-11-23)29(38)20-34-28-18-33(12-9-13-33)40-31-26(28)14-24(19-35-31)17-32(3,4)5/h6-8,10-11,14,19,27-29,34,38H,9,12-13,15-18,20H2,1-5H3,(H,36,39)/t27-,28-,29+/m0/s1. The third kappa shape index (κ3) is 7.16. The fraction of sp³-hybridized carbons (Fsp3) is 0.545. The van der Waals surface area contributed by atoms with Gasteiger partial charge in [0, 0.05) is 36.3 Å². The fourth-order valence-corrected chi connectivity index (χ4v) is 6.08. The zero-order chi connectivity index (χ0) is 29.2. The number of rotatable bonds is 10. The van der Waals surface area contributed by atoms with Gasteiger partial charge in [-0.15, -0.1) is 0 Å². The van der Waals surface area contributed by atoms with Crippen LogP contribution in [0.3, 0.4) is 0 Å². The van der Waals surface area contributed by atoms with Gasteiger partial charge in [0.05, 0.1) is 24.3 Å². The highest BCUT2D eigenvalue weighted by atomic mass is 16.5. The average molecular weight is 561 g/mol. The van der Waals surface area contributed by atoms with Crippen LogP contribution >= 0.6 is 0 Å². The number of benzene rings is 1. The minimum atomic E-state index is -0.807. The molecular formula is C33H44N4O4. The average Bonchev–Trinajstić information content (AvgIpc) is 3.22. The summed E-state index contributed by atoms with van der Waals surface area (Å²) < 4.78 is 11.7. The second-order valence-electron chi connectivity index (χ2n) is 13.2. The van der Waals surface area contributed by atoms with Crippen LogP contribution in [0.5, 0.6) is 5.88 Å². The summed E-state index contributed by atoms with van der Waals surface area (Å²) in [4.78, 5) is 17.9. The van der Waals surface area contributed by atoms with Crippen LogP contribution in [0.25, 0.3) is 0 Å². The number of hydrogen-bond acceptors (Lipinski definition) is 7. The van der Waals surface area contributed by atoms with Crippen molar-refractivity contribution in [2.24, 2.45) is 5.41 Å². The van der Waals surface area contributed by atoms with Gasteiger partial charge in [-0.2, -0.15) is 0 Å². The van der Waals surface area contributed by atoms with Crippen molar-refractivity contribution in [2.75, 3.05) is 6.54 Å². The molecule has 3 heterocycles. The summed E-state index contributed by atoms with van der Waals surface area (Å²) >= 11 is 0. The molecule has 2 aromatic heterocycles. The van der Waals surface area contributed by atoms with E-state index in [1.54, 1.807) is 0 Å². The molecule has 0 unspecified atom stereocenters. The maximum Gasteiger partial charge on any atom is 0.224 e. The molecule has 1 spiro atoms. The number of aliphatic hydroxyl groups excluding tert-OH is 1. The number of nitrogens with one attached hydrogen (secondary N) is 2. The smallest absolute Gasteiger partial charge is 0.224 e. The minimum Gasteiger partial charge on any atom is -0.471 e. The van der Waals surface area contributed by atoms with E-state index in [0.29, 0.717) is 30.3 Å². The van der Waals surface area contributed by atoms with Crippen molar-refractivity contribution in [2.45, 2.75) is 103 Å². The van der Waals surface area contributed by atoms with Crippen molar-refractivity contribution in [1.82, 2.24) is 20.8 Å². The molecule has 0 radical (unpaired) electrons. The lowest BCUT2D eigenvalue weighted by Crippen LogP contribution is -2.52. The number of fused-ring (bicyclic) bond motifs is 1. The Morgan fingerprint density at radius 2 is 1.93 bits per heavy atom. The first-order valence-corrected chi connectivity index (χ1v) is 14.8. The van der Waals surface area contributed by atoms with E-state index in [9.17, 15) is 9.90 Å². The monoisotopic (exact) mass is 560 g/mol. The summed E-state index contributed by atoms with van der Waals surface area (Å²) in [5, 5.41) is 22.2. The quantitative estimate of drug-likeness (QED) is 0.322. The lowest BCUT2D eigenvalue weighted by molar-refractivity contribution is -0.122. The van der Waals surface area contributed by atoms with E-state index in [4.69, 9.17) is 14.2 Å². The summed E-state index contributed by atoms with van der Waals surface area (Å²) in [5.41, 5.74) is 4.75. The highest BCUT2D eigenvalue weighted by Crippen LogP contribution is 2.48. The number of amides is 1. The number of aliphatic hydroxyl groups is 1. The maximum atomic E-state index is 13.1. The molecule has 2 aliphatic rings. The first kappa shape index (κ1) is 29.3. The van der Waals surface area contributed by atoms with E-state index in [1.165, 1.54) is 5.56 Å². The molecule has 8 heteroatoms. The summed E-state index contributed by atoms with van der Waals surface area (Å²) in [6.45, 7) is 10.7. The Balaban J connectivity index is 1.32. The van der Waals surface area contributed by atoms with E-state index in [1.807, 2.05) is 50.4 Å². The van der Waals surface area contributed by atoms with Gasteiger partial charge in [0.1, 0.15) is 11.4 Å². The summed E-state index contributed by atoms with van der Waals surface area (Å²) in [6.07, 6.45) is 6.77. The molecule has 1 aromatic carbocycles. The van der Waals surface area contributed by atoms with Gasteiger partial charge in [-0.25, -0.2) is 4.98 Å². The van der Waals surface area contributed by atoms with Gasteiger partial charge in [-0.05, 0) is 68.6 Å². The van der Waals surface area contributed by atoms with Crippen molar-refractivity contribution < 1.29 is 19.2 Å². The summed E-state index contributed by atoms with van der Waals surface area (Å²) in [6, 6.07) is 11.7. The van der Waals surface area contributed by atoms with Gasteiger partial charge in [-0.1, -0.05) is 56.3 Å². The number of ether oxygens (including phenoxy) is 1. The number of aromatic nitrogens is 2. The molecule has 1 aliphatic carbocycles. The highest BCUT2D eigenvalue weighted by Gasteiger charge is 2.46. The number of hydrogen-bond donors (Lipinski definition) is 3. The lowest BCUT2D eigenvalue weighted by atomic mass is 9.73. The molecule has 1 aliphatic heterocycles. The lowest BCUT2D eigenvalue weighted by Gasteiger charge is -2.47. The molecule has 1 saturated carbocycles. The Labute approximate surface area is 243 Å². The third-order valence-corrected chi connectivity index (χ3v) is 8.40. The van der Waals surface area contributed by atoms with Gasteiger partial charge in [0.25, 0.3) is 0 Å². The van der Waals surface area contributed by atoms with Crippen LogP contribution in [-0.4, -0.2) is 45.4 Å². The number of aryl methyl sites for hydroxylation is 2. The SMILES string of the molecule is Cc1noc(C)c1CC(=O)N[C@@H](Cc1ccccc1)[C@H](O)CN[C@H]1CC2(CCC2)Oc2ncc(CC(C)(C)C)cc21. The summed E-state index contributed by atoms with van der Waals surface area (Å²) in [7, 11) is 0. The molecule has 1 fully saturated rings. The van der Waals surface area contributed by atoms with Gasteiger partial charge < -0.3 is 25.0 Å². The van der Waals surface area contributed by atoms with Crippen LogP contribution in [0.1, 0.15) is 86.2 Å². The van der Waals surface area contributed by atoms with E-state index >= 15 is 0 Å². The first-order valence-electron chi connectivity index (χ1n) is 14.8. The number of carbonyl (C=O) groups excluding carboxylic acids is 1. The molecule has 0 bridgehead atoms. The highest BCUT2D eigenvalue weighted by molar-refractivity contribution is 5.79. The molecule has 3 N–H and O–H groups in total. The summed E-state index contributed by atoms with van der Waals surface area (Å²) in [5.74, 6) is 1.18. The van der Waals surface area contributed by atoms with Gasteiger partial charge in [0.15, 0.2) is 0 Å². The van der Waals surface area contributed by atoms with Gasteiger partial charge in [-0.3, -0.25) is 4.79 Å². The molecule has 3 atom stereocenters. The third-order valence-electron chi connectivity index (χ3n) is 8.40. The second kappa shape index (κ2) is 11.9. The second-order valence-corrected chi connectivity index (χ2v) is 13.2. The Morgan fingerprint density at radius 1 is 1.17 bits per heavy atom. The fourth-order valence-electron chi connectivity index (χ4n) is 6.08. The van der Waals surface area contributed by atoms with E-state index in [0.717, 1.165) is 48.8 Å². The van der Waals surface area contributed by atoms with Crippen molar-refractivity contribution in [1.29, 1.82) is 0 Å². The molecule has 41 heavy (non-hydrogen) atoms. The van der Waals surface area contributed by atoms with Crippen LogP contribution in [0.15, 0.2) is 47.1 Å². The van der Waals surface area contributed by atoms with Crippen molar-refractivity contribution >= 4 is 5.91 Å². The molecule has 1 amide bonds. The molecule has 5 rings (SSSR count). The van der Waals surface area contributed by atoms with Crippen LogP contribution in [-0.2, 0) is 24.1 Å².